The second kappa shape index (κ2) is 9.94. The zero-order chi connectivity index (χ0) is 20.6. The van der Waals surface area contributed by atoms with E-state index in [2.05, 4.69) is 23.2 Å². The highest BCUT2D eigenvalue weighted by atomic mass is 32.2. The Morgan fingerprint density at radius 2 is 1.83 bits per heavy atom. The number of nitrogens with zero attached hydrogens (tertiary/aromatic N) is 3. The quantitative estimate of drug-likeness (QED) is 0.551. The van der Waals surface area contributed by atoms with Gasteiger partial charge in [0.25, 0.3) is 0 Å². The molecule has 0 fully saturated rings. The number of aryl methyl sites for hydroxylation is 1. The molecule has 1 N–H and O–H groups in total. The second-order valence-corrected chi connectivity index (χ2v) is 8.10. The summed E-state index contributed by atoms with van der Waals surface area (Å²) in [5.74, 6) is -0.0323. The highest BCUT2D eigenvalue weighted by Gasteiger charge is 2.24. The first kappa shape index (κ1) is 20.7. The third-order valence-electron chi connectivity index (χ3n) is 4.60. The molecule has 0 radical (unpaired) electrons. The largest absolute Gasteiger partial charge is 0.337 e. The van der Waals surface area contributed by atoms with Crippen LogP contribution in [0.15, 0.2) is 65.8 Å². The van der Waals surface area contributed by atoms with Crippen LogP contribution in [0.5, 0.6) is 0 Å². The van der Waals surface area contributed by atoms with Gasteiger partial charge in [0.2, 0.25) is 5.91 Å². The number of rotatable bonds is 8. The molecule has 3 aromatic rings. The highest BCUT2D eigenvalue weighted by Crippen LogP contribution is 2.26. The van der Waals surface area contributed by atoms with E-state index in [1.165, 1.54) is 17.3 Å². The van der Waals surface area contributed by atoms with Crippen molar-refractivity contribution in [1.29, 1.82) is 5.26 Å². The Labute approximate surface area is 175 Å². The number of H-pyrrole nitrogens is 1. The molecule has 0 aliphatic heterocycles. The van der Waals surface area contributed by atoms with Crippen molar-refractivity contribution < 1.29 is 4.79 Å². The molecule has 1 atom stereocenters. The zero-order valence-corrected chi connectivity index (χ0v) is 17.4. The molecule has 6 heteroatoms. The number of nitrogens with one attached hydrogen (secondary N) is 1. The summed E-state index contributed by atoms with van der Waals surface area (Å²) in [7, 11) is 0. The lowest BCUT2D eigenvalue weighted by molar-refractivity contribution is -0.117. The zero-order valence-electron chi connectivity index (χ0n) is 16.6. The average molecular weight is 405 g/mol. The van der Waals surface area contributed by atoms with Gasteiger partial charge in [-0.05, 0) is 31.5 Å². The summed E-state index contributed by atoms with van der Waals surface area (Å²) in [4.78, 5) is 22.8. The molecule has 0 bridgehead atoms. The first-order valence-corrected chi connectivity index (χ1v) is 10.5. The molecule has 0 spiro atoms. The summed E-state index contributed by atoms with van der Waals surface area (Å²) in [5.41, 5.74) is 4.01. The van der Waals surface area contributed by atoms with E-state index in [1.807, 2.05) is 62.4 Å². The molecule has 1 unspecified atom stereocenters. The number of hydrogen-bond acceptors (Lipinski definition) is 4. The van der Waals surface area contributed by atoms with Gasteiger partial charge in [-0.25, -0.2) is 4.98 Å². The van der Waals surface area contributed by atoms with E-state index in [0.29, 0.717) is 13.0 Å². The van der Waals surface area contributed by atoms with Crippen LogP contribution in [0, 0.1) is 18.3 Å². The van der Waals surface area contributed by atoms with Crippen LogP contribution >= 0.6 is 11.8 Å². The number of hydrogen-bond donors (Lipinski definition) is 1. The number of benzene rings is 2. The van der Waals surface area contributed by atoms with Gasteiger partial charge >= 0.3 is 0 Å². The van der Waals surface area contributed by atoms with Gasteiger partial charge in [0.15, 0.2) is 5.16 Å². The van der Waals surface area contributed by atoms with Crippen molar-refractivity contribution in [1.82, 2.24) is 9.97 Å². The van der Waals surface area contributed by atoms with E-state index < -0.39 is 0 Å². The Hall–Kier alpha value is -3.04. The molecular weight excluding hydrogens is 380 g/mol. The molecule has 1 heterocycles. The Bertz CT molecular complexity index is 979. The van der Waals surface area contributed by atoms with Gasteiger partial charge in [0.05, 0.1) is 23.4 Å². The molecule has 3 rings (SSSR count). The van der Waals surface area contributed by atoms with E-state index in [4.69, 9.17) is 10.2 Å². The van der Waals surface area contributed by atoms with Crippen LogP contribution in [0.2, 0.25) is 0 Å². The third-order valence-corrected chi connectivity index (χ3v) is 5.57. The lowest BCUT2D eigenvalue weighted by Gasteiger charge is -2.24. The van der Waals surface area contributed by atoms with Crippen molar-refractivity contribution in [2.75, 3.05) is 11.4 Å². The molecule has 5 nitrogen and oxygen atoms in total. The van der Waals surface area contributed by atoms with E-state index in [1.54, 1.807) is 4.90 Å². The topological polar surface area (TPSA) is 72.8 Å². The normalized spacial score (nSPS) is 11.6. The number of carbonyl (C=O) groups excluding carboxylic acids is 1. The Morgan fingerprint density at radius 1 is 1.17 bits per heavy atom. The van der Waals surface area contributed by atoms with Crippen LogP contribution in [0.25, 0.3) is 0 Å². The molecule has 0 aliphatic carbocycles. The first-order valence-electron chi connectivity index (χ1n) is 9.58. The summed E-state index contributed by atoms with van der Waals surface area (Å²) >= 11 is 1.41. The van der Waals surface area contributed by atoms with Gasteiger partial charge in [0.1, 0.15) is 0 Å². The molecule has 2 aromatic carbocycles. The minimum absolute atomic E-state index is 0.0323. The number of imidazole rings is 1. The monoisotopic (exact) mass is 404 g/mol. The minimum atomic E-state index is -0.330. The van der Waals surface area contributed by atoms with Crippen molar-refractivity contribution >= 4 is 23.4 Å². The summed E-state index contributed by atoms with van der Waals surface area (Å²) in [5, 5.41) is 9.37. The average Bonchev–Trinajstić information content (AvgIpc) is 3.08. The van der Waals surface area contributed by atoms with Crippen LogP contribution < -0.4 is 4.90 Å². The molecule has 29 heavy (non-hydrogen) atoms. The fourth-order valence-electron chi connectivity index (χ4n) is 3.06. The summed E-state index contributed by atoms with van der Waals surface area (Å²) in [6.07, 6.45) is 1.05. The van der Waals surface area contributed by atoms with Crippen LogP contribution in [-0.4, -0.2) is 27.7 Å². The van der Waals surface area contributed by atoms with Crippen molar-refractivity contribution in [2.24, 2.45) is 0 Å². The predicted octanol–water partition coefficient (Wildman–Crippen LogP) is 4.74. The van der Waals surface area contributed by atoms with E-state index >= 15 is 0 Å². The predicted molar refractivity (Wildman–Crippen MR) is 117 cm³/mol. The van der Waals surface area contributed by atoms with Crippen molar-refractivity contribution in [2.45, 2.75) is 37.1 Å². The summed E-state index contributed by atoms with van der Waals surface area (Å²) in [6.45, 7) is 4.26. The third kappa shape index (κ3) is 5.49. The Balaban J connectivity index is 1.71. The fraction of sp³-hybridized carbons (Fsp3) is 0.261. The number of aromatic amines is 1. The standard InChI is InChI=1S/C23H24N4OS/c1-17-21(16-19-10-5-3-6-11-19)26-23(25-17)29-18(2)22(28)27(15-9-14-24)20-12-7-4-8-13-20/h3-8,10-13,18H,9,15-16H2,1-2H3,(H,25,26). The molecule has 1 amide bonds. The minimum Gasteiger partial charge on any atom is -0.337 e. The molecular formula is C23H24N4OS. The van der Waals surface area contributed by atoms with Crippen LogP contribution in [0.3, 0.4) is 0 Å². The maximum Gasteiger partial charge on any atom is 0.240 e. The molecule has 1 aromatic heterocycles. The maximum absolute atomic E-state index is 13.1. The van der Waals surface area contributed by atoms with Gasteiger partial charge in [-0.1, -0.05) is 60.3 Å². The van der Waals surface area contributed by atoms with Gasteiger partial charge < -0.3 is 9.88 Å². The van der Waals surface area contributed by atoms with Crippen molar-refractivity contribution in [3.63, 3.8) is 0 Å². The lowest BCUT2D eigenvalue weighted by Crippen LogP contribution is -2.37. The number of anilines is 1. The van der Waals surface area contributed by atoms with E-state index in [-0.39, 0.29) is 11.2 Å². The van der Waals surface area contributed by atoms with Gasteiger partial charge in [-0.15, -0.1) is 0 Å². The Morgan fingerprint density at radius 3 is 2.48 bits per heavy atom. The number of nitriles is 1. The number of para-hydroxylation sites is 1. The highest BCUT2D eigenvalue weighted by molar-refractivity contribution is 8.00. The van der Waals surface area contributed by atoms with E-state index in [9.17, 15) is 4.79 Å². The van der Waals surface area contributed by atoms with E-state index in [0.717, 1.165) is 28.7 Å². The maximum atomic E-state index is 13.1. The first-order chi connectivity index (χ1) is 14.1. The number of aromatic nitrogens is 2. The van der Waals surface area contributed by atoms with Gasteiger partial charge in [0, 0.05) is 24.3 Å². The molecule has 0 aliphatic rings. The lowest BCUT2D eigenvalue weighted by atomic mass is 10.1. The number of carbonyl (C=O) groups is 1. The number of thioether (sulfide) groups is 1. The molecule has 148 valence electrons. The molecule has 0 saturated carbocycles. The fourth-order valence-corrected chi connectivity index (χ4v) is 4.00. The van der Waals surface area contributed by atoms with Crippen molar-refractivity contribution in [3.05, 3.63) is 77.6 Å². The molecule has 0 saturated heterocycles. The Kier molecular flexibility index (Phi) is 7.09. The van der Waals surface area contributed by atoms with Crippen LogP contribution in [-0.2, 0) is 11.2 Å². The summed E-state index contributed by atoms with van der Waals surface area (Å²) < 4.78 is 0. The van der Waals surface area contributed by atoms with Gasteiger partial charge in [-0.2, -0.15) is 5.26 Å². The smallest absolute Gasteiger partial charge is 0.240 e. The second-order valence-electron chi connectivity index (χ2n) is 6.77. The van der Waals surface area contributed by atoms with Gasteiger partial charge in [-0.3, -0.25) is 4.79 Å². The number of amides is 1. The summed E-state index contributed by atoms with van der Waals surface area (Å²) in [6, 6.07) is 21.8. The SMILES string of the molecule is Cc1[nH]c(SC(C)C(=O)N(CCC#N)c2ccccc2)nc1Cc1ccccc1. The van der Waals surface area contributed by atoms with Crippen molar-refractivity contribution in [3.8, 4) is 6.07 Å². The van der Waals surface area contributed by atoms with Crippen LogP contribution in [0.4, 0.5) is 5.69 Å². The van der Waals surface area contributed by atoms with Crippen LogP contribution in [0.1, 0.15) is 30.3 Å².